The number of benzene rings is 1. The van der Waals surface area contributed by atoms with E-state index in [1.807, 2.05) is 7.05 Å². The van der Waals surface area contributed by atoms with Crippen LogP contribution in [0.3, 0.4) is 0 Å². The SMILES string of the molecule is CNCc1ccc(S(=O)(=O)NC(C)CCS(C)=O)cc1. The molecule has 1 rings (SSSR count). The minimum atomic E-state index is -3.51. The molecule has 2 unspecified atom stereocenters. The quantitative estimate of drug-likeness (QED) is 0.745. The lowest BCUT2D eigenvalue weighted by atomic mass is 10.2. The molecule has 5 nitrogen and oxygen atoms in total. The molecule has 0 saturated heterocycles. The van der Waals surface area contributed by atoms with Gasteiger partial charge in [0.15, 0.2) is 0 Å². The fourth-order valence-electron chi connectivity index (χ4n) is 1.73. The molecular weight excluding hydrogens is 296 g/mol. The fraction of sp³-hybridized carbons (Fsp3) is 0.538. The van der Waals surface area contributed by atoms with E-state index in [0.29, 0.717) is 18.7 Å². The van der Waals surface area contributed by atoms with Crippen LogP contribution < -0.4 is 10.0 Å². The summed E-state index contributed by atoms with van der Waals surface area (Å²) >= 11 is 0. The van der Waals surface area contributed by atoms with Gasteiger partial charge in [0, 0.05) is 35.4 Å². The normalized spacial score (nSPS) is 14.9. The molecule has 0 aliphatic rings. The van der Waals surface area contributed by atoms with Crippen molar-refractivity contribution < 1.29 is 12.6 Å². The second-order valence-corrected chi connectivity index (χ2v) is 8.03. The minimum absolute atomic E-state index is 0.235. The van der Waals surface area contributed by atoms with E-state index in [9.17, 15) is 12.6 Å². The molecule has 0 amide bonds. The smallest absolute Gasteiger partial charge is 0.240 e. The molecule has 1 aromatic rings. The summed E-state index contributed by atoms with van der Waals surface area (Å²) in [7, 11) is -2.58. The molecule has 0 saturated carbocycles. The summed E-state index contributed by atoms with van der Waals surface area (Å²) in [5, 5.41) is 3.01. The van der Waals surface area contributed by atoms with E-state index < -0.39 is 20.8 Å². The Morgan fingerprint density at radius 1 is 1.25 bits per heavy atom. The Hall–Kier alpha value is -0.760. The highest BCUT2D eigenvalue weighted by atomic mass is 32.2. The van der Waals surface area contributed by atoms with Gasteiger partial charge in [0.2, 0.25) is 10.0 Å². The fourth-order valence-corrected chi connectivity index (χ4v) is 3.69. The Bertz CT molecular complexity index is 541. The molecular formula is C13H22N2O3S2. The van der Waals surface area contributed by atoms with Crippen molar-refractivity contribution in [2.24, 2.45) is 0 Å². The molecule has 20 heavy (non-hydrogen) atoms. The molecule has 1 aromatic carbocycles. The van der Waals surface area contributed by atoms with Crippen molar-refractivity contribution in [3.05, 3.63) is 29.8 Å². The van der Waals surface area contributed by atoms with E-state index in [1.165, 1.54) is 0 Å². The van der Waals surface area contributed by atoms with Crippen LogP contribution in [0, 0.1) is 0 Å². The summed E-state index contributed by atoms with van der Waals surface area (Å²) in [6.07, 6.45) is 2.17. The highest BCUT2D eigenvalue weighted by molar-refractivity contribution is 7.89. The Balaban J connectivity index is 2.70. The minimum Gasteiger partial charge on any atom is -0.316 e. The zero-order valence-corrected chi connectivity index (χ0v) is 13.7. The lowest BCUT2D eigenvalue weighted by molar-refractivity contribution is 0.555. The lowest BCUT2D eigenvalue weighted by Gasteiger charge is -2.14. The number of sulfonamides is 1. The van der Waals surface area contributed by atoms with Gasteiger partial charge in [-0.25, -0.2) is 13.1 Å². The molecule has 2 N–H and O–H groups in total. The molecule has 0 fully saturated rings. The third-order valence-electron chi connectivity index (χ3n) is 2.81. The van der Waals surface area contributed by atoms with Crippen LogP contribution in [-0.2, 0) is 27.4 Å². The Morgan fingerprint density at radius 3 is 2.35 bits per heavy atom. The Kier molecular flexibility index (Phi) is 6.81. The number of rotatable bonds is 8. The summed E-state index contributed by atoms with van der Waals surface area (Å²) in [6, 6.07) is 6.54. The lowest BCUT2D eigenvalue weighted by Crippen LogP contribution is -2.33. The first kappa shape index (κ1) is 17.3. The highest BCUT2D eigenvalue weighted by Crippen LogP contribution is 2.11. The van der Waals surface area contributed by atoms with Crippen LogP contribution >= 0.6 is 0 Å². The van der Waals surface area contributed by atoms with Gasteiger partial charge in [-0.1, -0.05) is 12.1 Å². The van der Waals surface area contributed by atoms with Crippen molar-refractivity contribution in [3.63, 3.8) is 0 Å². The zero-order valence-electron chi connectivity index (χ0n) is 12.0. The monoisotopic (exact) mass is 318 g/mol. The maximum absolute atomic E-state index is 12.2. The molecule has 114 valence electrons. The van der Waals surface area contributed by atoms with E-state index in [0.717, 1.165) is 5.56 Å². The maximum Gasteiger partial charge on any atom is 0.240 e. The Morgan fingerprint density at radius 2 is 1.85 bits per heavy atom. The van der Waals surface area contributed by atoms with Crippen molar-refractivity contribution >= 4 is 20.8 Å². The van der Waals surface area contributed by atoms with Gasteiger partial charge in [0.05, 0.1) is 4.90 Å². The molecule has 0 spiro atoms. The molecule has 0 aliphatic heterocycles. The van der Waals surface area contributed by atoms with Gasteiger partial charge in [-0.15, -0.1) is 0 Å². The van der Waals surface area contributed by atoms with Gasteiger partial charge >= 0.3 is 0 Å². The molecule has 0 bridgehead atoms. The zero-order chi connectivity index (χ0) is 15.2. The predicted octanol–water partition coefficient (Wildman–Crippen LogP) is 0.841. The van der Waals surface area contributed by atoms with Crippen molar-refractivity contribution in [1.29, 1.82) is 0 Å². The number of nitrogens with one attached hydrogen (secondary N) is 2. The van der Waals surface area contributed by atoms with Crippen molar-refractivity contribution in [2.75, 3.05) is 19.1 Å². The largest absolute Gasteiger partial charge is 0.316 e. The summed E-state index contributed by atoms with van der Waals surface area (Å²) in [5.41, 5.74) is 1.03. The first-order chi connectivity index (χ1) is 9.35. The molecule has 0 heterocycles. The third-order valence-corrected chi connectivity index (χ3v) is 5.23. The van der Waals surface area contributed by atoms with Gasteiger partial charge in [0.1, 0.15) is 0 Å². The van der Waals surface area contributed by atoms with E-state index >= 15 is 0 Å². The maximum atomic E-state index is 12.2. The van der Waals surface area contributed by atoms with Crippen LogP contribution in [0.5, 0.6) is 0 Å². The first-order valence-electron chi connectivity index (χ1n) is 6.41. The third kappa shape index (κ3) is 5.70. The predicted molar refractivity (Wildman–Crippen MR) is 82.5 cm³/mol. The van der Waals surface area contributed by atoms with Gasteiger partial charge in [0.25, 0.3) is 0 Å². The summed E-state index contributed by atoms with van der Waals surface area (Å²) < 4.78 is 37.9. The molecule has 0 aromatic heterocycles. The van der Waals surface area contributed by atoms with Crippen LogP contribution in [0.2, 0.25) is 0 Å². The van der Waals surface area contributed by atoms with Gasteiger partial charge in [-0.3, -0.25) is 4.21 Å². The summed E-state index contributed by atoms with van der Waals surface area (Å²) in [6.45, 7) is 2.48. The van der Waals surface area contributed by atoms with Gasteiger partial charge < -0.3 is 5.32 Å². The van der Waals surface area contributed by atoms with E-state index in [1.54, 1.807) is 37.4 Å². The second-order valence-electron chi connectivity index (χ2n) is 4.76. The average Bonchev–Trinajstić information content (AvgIpc) is 2.37. The molecule has 0 aliphatic carbocycles. The van der Waals surface area contributed by atoms with Crippen LogP contribution in [0.4, 0.5) is 0 Å². The van der Waals surface area contributed by atoms with Crippen molar-refractivity contribution in [3.8, 4) is 0 Å². The summed E-state index contributed by atoms with van der Waals surface area (Å²) in [4.78, 5) is 0.252. The second kappa shape index (κ2) is 7.87. The molecule has 0 radical (unpaired) electrons. The van der Waals surface area contributed by atoms with E-state index in [4.69, 9.17) is 0 Å². The average molecular weight is 318 g/mol. The highest BCUT2D eigenvalue weighted by Gasteiger charge is 2.17. The topological polar surface area (TPSA) is 75.3 Å². The Labute approximate surface area is 123 Å². The molecule has 2 atom stereocenters. The summed E-state index contributed by atoms with van der Waals surface area (Å²) in [5.74, 6) is 0.491. The molecule has 7 heteroatoms. The van der Waals surface area contributed by atoms with Gasteiger partial charge in [-0.05, 0) is 38.1 Å². The van der Waals surface area contributed by atoms with E-state index in [-0.39, 0.29) is 10.9 Å². The van der Waals surface area contributed by atoms with Crippen molar-refractivity contribution in [2.45, 2.75) is 30.8 Å². The van der Waals surface area contributed by atoms with E-state index in [2.05, 4.69) is 10.0 Å². The van der Waals surface area contributed by atoms with Crippen LogP contribution in [0.1, 0.15) is 18.9 Å². The van der Waals surface area contributed by atoms with Crippen LogP contribution in [0.25, 0.3) is 0 Å². The standard InChI is InChI=1S/C13H22N2O3S2/c1-11(8-9-19(3)16)15-20(17,18)13-6-4-12(5-7-13)10-14-2/h4-7,11,14-15H,8-10H2,1-3H3. The van der Waals surface area contributed by atoms with Crippen LogP contribution in [-0.4, -0.2) is 37.7 Å². The van der Waals surface area contributed by atoms with Crippen LogP contribution in [0.15, 0.2) is 29.2 Å². The first-order valence-corrected chi connectivity index (χ1v) is 9.62. The van der Waals surface area contributed by atoms with Gasteiger partial charge in [-0.2, -0.15) is 0 Å². The van der Waals surface area contributed by atoms with Crippen molar-refractivity contribution in [1.82, 2.24) is 10.0 Å². The number of hydrogen-bond acceptors (Lipinski definition) is 4. The number of hydrogen-bond donors (Lipinski definition) is 2.